The molecule has 0 unspecified atom stereocenters. The van der Waals surface area contributed by atoms with Crippen LogP contribution in [0.5, 0.6) is 0 Å². The molecule has 168 valence electrons. The lowest BCUT2D eigenvalue weighted by Crippen LogP contribution is -1.92. The van der Waals surface area contributed by atoms with E-state index < -0.39 is 11.6 Å². The molecule has 4 nitrogen and oxygen atoms in total. The van der Waals surface area contributed by atoms with E-state index in [1.54, 1.807) is 60.7 Å². The molecule has 0 aromatic heterocycles. The van der Waals surface area contributed by atoms with E-state index in [-0.39, 0.29) is 11.1 Å². The number of fused-ring (bicyclic) bond motifs is 1. The largest absolute Gasteiger partial charge is 0.207 e. The van der Waals surface area contributed by atoms with Crippen molar-refractivity contribution in [2.75, 3.05) is 0 Å². The van der Waals surface area contributed by atoms with Crippen LogP contribution in [0.4, 0.5) is 8.78 Å². The summed E-state index contributed by atoms with van der Waals surface area (Å²) in [6.45, 7) is 0. The molecule has 0 amide bonds. The van der Waals surface area contributed by atoms with E-state index >= 15 is 0 Å². The lowest BCUT2D eigenvalue weighted by molar-refractivity contribution is 0.627. The Labute approximate surface area is 206 Å². The molecule has 1 aliphatic carbocycles. The van der Waals surface area contributed by atoms with E-state index in [4.69, 9.17) is 0 Å². The van der Waals surface area contributed by atoms with Crippen LogP contribution in [0, 0.1) is 57.0 Å². The number of nitriles is 4. The maximum atomic E-state index is 13.6. The summed E-state index contributed by atoms with van der Waals surface area (Å²) >= 11 is 0. The van der Waals surface area contributed by atoms with Crippen molar-refractivity contribution in [3.05, 3.63) is 136 Å². The SMILES string of the molecule is N#CC(C#N)=C1C(=CC=C(c2ccc(F)cc2)c2ccc(F)cc2)C(=C(C#N)C#N)c2ccccc21. The Bertz CT molecular complexity index is 1510. The summed E-state index contributed by atoms with van der Waals surface area (Å²) < 4.78 is 27.2. The Balaban J connectivity index is 2.07. The van der Waals surface area contributed by atoms with Crippen molar-refractivity contribution < 1.29 is 8.78 Å². The standard InChI is InChI=1S/C30H14F2N4/c31-23-9-5-19(6-10-23)25(20-7-11-24(32)12-8-20)13-14-28-29(21(15-33)16-34)26-3-1-2-4-27(26)30(28)22(17-35)18-36/h1-14H. The van der Waals surface area contributed by atoms with Gasteiger partial charge < -0.3 is 0 Å². The zero-order valence-electron chi connectivity index (χ0n) is 18.6. The highest BCUT2D eigenvalue weighted by molar-refractivity contribution is 6.12. The first-order chi connectivity index (χ1) is 17.5. The number of rotatable bonds is 3. The molecule has 3 aromatic rings. The summed E-state index contributed by atoms with van der Waals surface area (Å²) in [7, 11) is 0. The molecule has 1 aliphatic rings. The molecule has 0 radical (unpaired) electrons. The molecule has 6 heteroatoms. The molecule has 0 N–H and O–H groups in total. The van der Waals surface area contributed by atoms with Crippen LogP contribution in [0.2, 0.25) is 0 Å². The normalized spacial score (nSPS) is 11.3. The van der Waals surface area contributed by atoms with Crippen LogP contribution < -0.4 is 0 Å². The van der Waals surface area contributed by atoms with Gasteiger partial charge in [0, 0.05) is 11.1 Å². The summed E-state index contributed by atoms with van der Waals surface area (Å²) in [5.41, 5.74) is 3.61. The average molecular weight is 468 g/mol. The quantitative estimate of drug-likeness (QED) is 0.403. The number of allylic oxidation sites excluding steroid dienone is 7. The van der Waals surface area contributed by atoms with Gasteiger partial charge in [-0.1, -0.05) is 60.7 Å². The topological polar surface area (TPSA) is 95.2 Å². The number of hydrogen-bond donors (Lipinski definition) is 0. The Morgan fingerprint density at radius 2 is 0.972 bits per heavy atom. The smallest absolute Gasteiger partial charge is 0.138 e. The number of halogens is 2. The predicted octanol–water partition coefficient (Wildman–Crippen LogP) is 6.64. The van der Waals surface area contributed by atoms with E-state index in [2.05, 4.69) is 0 Å². The minimum atomic E-state index is -0.419. The summed E-state index contributed by atoms with van der Waals surface area (Å²) in [5.74, 6) is -0.838. The first kappa shape index (κ1) is 23.6. The van der Waals surface area contributed by atoms with Crippen LogP contribution in [-0.2, 0) is 0 Å². The lowest BCUT2D eigenvalue weighted by Gasteiger charge is -2.09. The fraction of sp³-hybridized carbons (Fsp3) is 0. The molecule has 0 fully saturated rings. The van der Waals surface area contributed by atoms with Gasteiger partial charge in [-0.2, -0.15) is 21.0 Å². The van der Waals surface area contributed by atoms with Crippen LogP contribution in [0.1, 0.15) is 22.3 Å². The molecule has 0 saturated heterocycles. The fourth-order valence-electron chi connectivity index (χ4n) is 4.10. The molecule has 0 aliphatic heterocycles. The highest BCUT2D eigenvalue weighted by atomic mass is 19.1. The average Bonchev–Trinajstić information content (AvgIpc) is 3.22. The van der Waals surface area contributed by atoms with Gasteiger partial charge in [0.25, 0.3) is 0 Å². The Hall–Kier alpha value is -5.56. The first-order valence-electron chi connectivity index (χ1n) is 10.7. The summed E-state index contributed by atoms with van der Waals surface area (Å²) in [5, 5.41) is 38.7. The molecule has 4 rings (SSSR count). The Morgan fingerprint density at radius 3 is 1.33 bits per heavy atom. The van der Waals surface area contributed by atoms with Crippen molar-refractivity contribution in [3.8, 4) is 24.3 Å². The Kier molecular flexibility index (Phi) is 6.65. The van der Waals surface area contributed by atoms with Gasteiger partial charge in [-0.3, -0.25) is 0 Å². The first-order valence-corrected chi connectivity index (χ1v) is 10.7. The van der Waals surface area contributed by atoms with Crippen molar-refractivity contribution >= 4 is 16.7 Å². The third-order valence-corrected chi connectivity index (χ3v) is 5.68. The maximum Gasteiger partial charge on any atom is 0.138 e. The fourth-order valence-corrected chi connectivity index (χ4v) is 4.10. The summed E-state index contributed by atoms with van der Waals surface area (Å²) in [6.07, 6.45) is 3.30. The van der Waals surface area contributed by atoms with E-state index in [0.717, 1.165) is 0 Å². The zero-order chi connectivity index (χ0) is 25.7. The van der Waals surface area contributed by atoms with Crippen molar-refractivity contribution in [2.24, 2.45) is 0 Å². The van der Waals surface area contributed by atoms with E-state index in [0.29, 0.717) is 44.5 Å². The molecule has 0 spiro atoms. The molecule has 36 heavy (non-hydrogen) atoms. The summed E-state index contributed by atoms with van der Waals surface area (Å²) in [6, 6.07) is 26.1. The maximum absolute atomic E-state index is 13.6. The number of hydrogen-bond acceptors (Lipinski definition) is 4. The van der Waals surface area contributed by atoms with Gasteiger partial charge in [-0.15, -0.1) is 0 Å². The lowest BCUT2D eigenvalue weighted by atomic mass is 9.93. The predicted molar refractivity (Wildman–Crippen MR) is 131 cm³/mol. The van der Waals surface area contributed by atoms with Gasteiger partial charge in [-0.25, -0.2) is 8.78 Å². The molecule has 0 atom stereocenters. The van der Waals surface area contributed by atoms with Crippen LogP contribution >= 0.6 is 0 Å². The van der Waals surface area contributed by atoms with E-state index in [1.165, 1.54) is 24.3 Å². The molecule has 3 aromatic carbocycles. The van der Waals surface area contributed by atoms with Crippen LogP contribution in [-0.4, -0.2) is 0 Å². The van der Waals surface area contributed by atoms with Gasteiger partial charge in [-0.05, 0) is 57.7 Å². The second kappa shape index (κ2) is 10.1. The van der Waals surface area contributed by atoms with E-state index in [1.807, 2.05) is 24.3 Å². The van der Waals surface area contributed by atoms with Crippen molar-refractivity contribution in [1.82, 2.24) is 0 Å². The highest BCUT2D eigenvalue weighted by Crippen LogP contribution is 2.48. The molecular formula is C30H14F2N4. The van der Waals surface area contributed by atoms with Gasteiger partial charge in [0.15, 0.2) is 0 Å². The summed E-state index contributed by atoms with van der Waals surface area (Å²) in [4.78, 5) is 0. The van der Waals surface area contributed by atoms with Gasteiger partial charge in [0.2, 0.25) is 0 Å². The van der Waals surface area contributed by atoms with Crippen LogP contribution in [0.15, 0.2) is 102 Å². The second-order valence-corrected chi connectivity index (χ2v) is 7.67. The van der Waals surface area contributed by atoms with Crippen molar-refractivity contribution in [1.29, 1.82) is 21.0 Å². The molecular weight excluding hydrogens is 454 g/mol. The second-order valence-electron chi connectivity index (χ2n) is 7.67. The monoisotopic (exact) mass is 468 g/mol. The number of benzene rings is 3. The minimum absolute atomic E-state index is 0.169. The molecule has 0 heterocycles. The van der Waals surface area contributed by atoms with Crippen LogP contribution in [0.3, 0.4) is 0 Å². The Morgan fingerprint density at radius 1 is 0.583 bits per heavy atom. The van der Waals surface area contributed by atoms with Crippen molar-refractivity contribution in [2.45, 2.75) is 0 Å². The van der Waals surface area contributed by atoms with Crippen molar-refractivity contribution in [3.63, 3.8) is 0 Å². The third-order valence-electron chi connectivity index (χ3n) is 5.68. The minimum Gasteiger partial charge on any atom is -0.207 e. The van der Waals surface area contributed by atoms with Crippen LogP contribution in [0.25, 0.3) is 16.7 Å². The van der Waals surface area contributed by atoms with Gasteiger partial charge >= 0.3 is 0 Å². The molecule has 0 bridgehead atoms. The highest BCUT2D eigenvalue weighted by Gasteiger charge is 2.31. The third kappa shape index (κ3) is 4.32. The number of nitrogens with zero attached hydrogens (tertiary/aromatic N) is 4. The van der Waals surface area contributed by atoms with Gasteiger partial charge in [0.1, 0.15) is 47.1 Å². The molecule has 0 saturated carbocycles. The van der Waals surface area contributed by atoms with Gasteiger partial charge in [0.05, 0.1) is 0 Å². The zero-order valence-corrected chi connectivity index (χ0v) is 18.6. The van der Waals surface area contributed by atoms with E-state index in [9.17, 15) is 29.8 Å².